The number of carbonyl (C=O) groups is 1. The van der Waals surface area contributed by atoms with Crippen molar-refractivity contribution >= 4 is 11.6 Å². The number of carbonyl (C=O) groups excluding carboxylic acids is 1. The standard InChI is InChI=1S/C17H26N2O2/c1-12(2)15-5-7-16(8-6-15)18-17(20)11-19-9-13(3)21-14(4)10-19/h5-8,12-14H,9-11H2,1-4H3,(H,18,20). The smallest absolute Gasteiger partial charge is 0.238 e. The molecule has 0 aromatic heterocycles. The molecule has 1 fully saturated rings. The largest absolute Gasteiger partial charge is 0.373 e. The van der Waals surface area contributed by atoms with Crippen molar-refractivity contribution in [2.45, 2.75) is 45.8 Å². The molecule has 1 aliphatic heterocycles. The summed E-state index contributed by atoms with van der Waals surface area (Å²) in [5.41, 5.74) is 2.14. The number of morpholine rings is 1. The molecule has 0 spiro atoms. The first kappa shape index (κ1) is 16.0. The summed E-state index contributed by atoms with van der Waals surface area (Å²) in [7, 11) is 0. The van der Waals surface area contributed by atoms with Gasteiger partial charge in [0.1, 0.15) is 0 Å². The van der Waals surface area contributed by atoms with Gasteiger partial charge in [-0.25, -0.2) is 0 Å². The van der Waals surface area contributed by atoms with Gasteiger partial charge in [-0.3, -0.25) is 9.69 Å². The number of hydrogen-bond donors (Lipinski definition) is 1. The first-order chi connectivity index (χ1) is 9.94. The molecule has 1 aliphatic rings. The van der Waals surface area contributed by atoms with Crippen LogP contribution < -0.4 is 5.32 Å². The Morgan fingerprint density at radius 3 is 2.33 bits per heavy atom. The molecule has 21 heavy (non-hydrogen) atoms. The summed E-state index contributed by atoms with van der Waals surface area (Å²) in [6, 6.07) is 8.08. The van der Waals surface area contributed by atoms with Crippen molar-refractivity contribution < 1.29 is 9.53 Å². The van der Waals surface area contributed by atoms with Crippen LogP contribution in [0.3, 0.4) is 0 Å². The van der Waals surface area contributed by atoms with Crippen molar-refractivity contribution in [3.05, 3.63) is 29.8 Å². The third-order valence-corrected chi connectivity index (χ3v) is 3.72. The second-order valence-electron chi connectivity index (χ2n) is 6.28. The maximum Gasteiger partial charge on any atom is 0.238 e. The van der Waals surface area contributed by atoms with Crippen LogP contribution in [0.25, 0.3) is 0 Å². The molecular formula is C17H26N2O2. The highest BCUT2D eigenvalue weighted by Crippen LogP contribution is 2.17. The average molecular weight is 290 g/mol. The Bertz CT molecular complexity index is 460. The molecule has 0 saturated carbocycles. The van der Waals surface area contributed by atoms with Gasteiger partial charge in [0.2, 0.25) is 5.91 Å². The molecule has 116 valence electrons. The van der Waals surface area contributed by atoms with Crippen LogP contribution >= 0.6 is 0 Å². The van der Waals surface area contributed by atoms with Crippen LogP contribution in [0, 0.1) is 0 Å². The summed E-state index contributed by atoms with van der Waals surface area (Å²) < 4.78 is 5.68. The van der Waals surface area contributed by atoms with Gasteiger partial charge in [-0.15, -0.1) is 0 Å². The van der Waals surface area contributed by atoms with E-state index >= 15 is 0 Å². The molecule has 0 aliphatic carbocycles. The van der Waals surface area contributed by atoms with Gasteiger partial charge in [0.15, 0.2) is 0 Å². The van der Waals surface area contributed by atoms with Gasteiger partial charge >= 0.3 is 0 Å². The number of rotatable bonds is 4. The van der Waals surface area contributed by atoms with E-state index in [1.54, 1.807) is 0 Å². The normalized spacial score (nSPS) is 23.3. The van der Waals surface area contributed by atoms with E-state index in [1.165, 1.54) is 5.56 Å². The number of benzene rings is 1. The molecular weight excluding hydrogens is 264 g/mol. The van der Waals surface area contributed by atoms with Crippen LogP contribution in [-0.4, -0.2) is 42.6 Å². The van der Waals surface area contributed by atoms with E-state index in [9.17, 15) is 4.79 Å². The van der Waals surface area contributed by atoms with E-state index in [0.717, 1.165) is 18.8 Å². The summed E-state index contributed by atoms with van der Waals surface area (Å²) >= 11 is 0. The summed E-state index contributed by atoms with van der Waals surface area (Å²) in [6.07, 6.45) is 0.374. The van der Waals surface area contributed by atoms with Gasteiger partial charge in [-0.1, -0.05) is 26.0 Å². The van der Waals surface area contributed by atoms with E-state index in [4.69, 9.17) is 4.74 Å². The molecule has 1 aromatic carbocycles. The zero-order chi connectivity index (χ0) is 15.4. The predicted molar refractivity (Wildman–Crippen MR) is 85.6 cm³/mol. The molecule has 0 bridgehead atoms. The zero-order valence-corrected chi connectivity index (χ0v) is 13.4. The highest BCUT2D eigenvalue weighted by Gasteiger charge is 2.23. The lowest BCUT2D eigenvalue weighted by atomic mass is 10.0. The Kier molecular flexibility index (Phi) is 5.37. The maximum absolute atomic E-state index is 12.1. The third-order valence-electron chi connectivity index (χ3n) is 3.72. The Morgan fingerprint density at radius 1 is 1.24 bits per heavy atom. The molecule has 1 heterocycles. The van der Waals surface area contributed by atoms with Gasteiger partial charge in [0, 0.05) is 18.8 Å². The minimum absolute atomic E-state index is 0.0357. The summed E-state index contributed by atoms with van der Waals surface area (Å²) in [5, 5.41) is 2.96. The predicted octanol–water partition coefficient (Wildman–Crippen LogP) is 2.86. The van der Waals surface area contributed by atoms with Crippen molar-refractivity contribution in [3.63, 3.8) is 0 Å². The summed E-state index contributed by atoms with van der Waals surface area (Å²) in [4.78, 5) is 14.3. The Labute approximate surface area is 127 Å². The maximum atomic E-state index is 12.1. The van der Waals surface area contributed by atoms with Crippen molar-refractivity contribution in [3.8, 4) is 0 Å². The van der Waals surface area contributed by atoms with Crippen molar-refractivity contribution in [2.75, 3.05) is 25.0 Å². The summed E-state index contributed by atoms with van der Waals surface area (Å²) in [6.45, 7) is 10.5. The quantitative estimate of drug-likeness (QED) is 0.927. The minimum atomic E-state index is 0.0357. The highest BCUT2D eigenvalue weighted by molar-refractivity contribution is 5.92. The zero-order valence-electron chi connectivity index (χ0n) is 13.4. The number of ether oxygens (including phenoxy) is 1. The van der Waals surface area contributed by atoms with E-state index in [2.05, 4.69) is 36.2 Å². The lowest BCUT2D eigenvalue weighted by Crippen LogP contribution is -2.48. The van der Waals surface area contributed by atoms with Crippen LogP contribution in [0.5, 0.6) is 0 Å². The summed E-state index contributed by atoms with van der Waals surface area (Å²) in [5.74, 6) is 0.541. The first-order valence-electron chi connectivity index (χ1n) is 7.71. The van der Waals surface area contributed by atoms with E-state index in [-0.39, 0.29) is 18.1 Å². The fourth-order valence-corrected chi connectivity index (χ4v) is 2.77. The molecule has 2 rings (SSSR count). The topological polar surface area (TPSA) is 41.6 Å². The lowest BCUT2D eigenvalue weighted by Gasteiger charge is -2.34. The number of amides is 1. The van der Waals surface area contributed by atoms with Crippen LogP contribution in [0.15, 0.2) is 24.3 Å². The van der Waals surface area contributed by atoms with Crippen LogP contribution in [0.1, 0.15) is 39.2 Å². The molecule has 1 saturated heterocycles. The van der Waals surface area contributed by atoms with E-state index in [0.29, 0.717) is 12.5 Å². The molecule has 1 N–H and O–H groups in total. The molecule has 2 unspecified atom stereocenters. The minimum Gasteiger partial charge on any atom is -0.373 e. The van der Waals surface area contributed by atoms with Crippen molar-refractivity contribution in [2.24, 2.45) is 0 Å². The fourth-order valence-electron chi connectivity index (χ4n) is 2.77. The Balaban J connectivity index is 1.86. The molecule has 4 nitrogen and oxygen atoms in total. The lowest BCUT2D eigenvalue weighted by molar-refractivity contribution is -0.121. The van der Waals surface area contributed by atoms with Crippen molar-refractivity contribution in [1.82, 2.24) is 4.90 Å². The second kappa shape index (κ2) is 7.05. The van der Waals surface area contributed by atoms with Gasteiger partial charge < -0.3 is 10.1 Å². The fraction of sp³-hybridized carbons (Fsp3) is 0.588. The Morgan fingerprint density at radius 2 is 1.81 bits per heavy atom. The Hall–Kier alpha value is -1.39. The van der Waals surface area contributed by atoms with Gasteiger partial charge in [-0.2, -0.15) is 0 Å². The average Bonchev–Trinajstić information content (AvgIpc) is 2.37. The first-order valence-corrected chi connectivity index (χ1v) is 7.71. The SMILES string of the molecule is CC1CN(CC(=O)Nc2ccc(C(C)C)cc2)CC(C)O1. The molecule has 2 atom stereocenters. The number of nitrogens with one attached hydrogen (secondary N) is 1. The molecule has 4 heteroatoms. The van der Waals surface area contributed by atoms with E-state index < -0.39 is 0 Å². The van der Waals surface area contributed by atoms with Crippen LogP contribution in [0.2, 0.25) is 0 Å². The molecule has 0 radical (unpaired) electrons. The third kappa shape index (κ3) is 4.83. The van der Waals surface area contributed by atoms with Crippen molar-refractivity contribution in [1.29, 1.82) is 0 Å². The highest BCUT2D eigenvalue weighted by atomic mass is 16.5. The van der Waals surface area contributed by atoms with Crippen LogP contribution in [-0.2, 0) is 9.53 Å². The second-order valence-corrected chi connectivity index (χ2v) is 6.28. The van der Waals surface area contributed by atoms with Gasteiger partial charge in [0.25, 0.3) is 0 Å². The molecule has 1 aromatic rings. The van der Waals surface area contributed by atoms with E-state index in [1.807, 2.05) is 26.0 Å². The van der Waals surface area contributed by atoms with Gasteiger partial charge in [0.05, 0.1) is 18.8 Å². The number of nitrogens with zero attached hydrogens (tertiary/aromatic N) is 1. The van der Waals surface area contributed by atoms with Gasteiger partial charge in [-0.05, 0) is 37.5 Å². The monoisotopic (exact) mass is 290 g/mol. The number of hydrogen-bond acceptors (Lipinski definition) is 3. The number of anilines is 1. The van der Waals surface area contributed by atoms with Crippen LogP contribution in [0.4, 0.5) is 5.69 Å². The molecule has 1 amide bonds.